The van der Waals surface area contributed by atoms with Gasteiger partial charge >= 0.3 is 11.9 Å². The first-order valence-electron chi connectivity index (χ1n) is 7.85. The number of hydrogen-bond acceptors (Lipinski definition) is 7. The van der Waals surface area contributed by atoms with Crippen LogP contribution in [0.4, 0.5) is 5.69 Å². The number of benzene rings is 2. The maximum atomic E-state index is 12.1. The zero-order chi connectivity index (χ0) is 19.8. The fourth-order valence-electron chi connectivity index (χ4n) is 2.19. The molecule has 0 spiro atoms. The lowest BCUT2D eigenvalue weighted by molar-refractivity contribution is -0.118. The quantitative estimate of drug-likeness (QED) is 0.743. The third-order valence-electron chi connectivity index (χ3n) is 3.49. The van der Waals surface area contributed by atoms with Crippen molar-refractivity contribution in [3.05, 3.63) is 53.6 Å². The number of amides is 1. The Morgan fingerprint density at radius 1 is 0.815 bits per heavy atom. The summed E-state index contributed by atoms with van der Waals surface area (Å²) in [5.41, 5.74) is 0.445. The molecule has 0 saturated heterocycles. The van der Waals surface area contributed by atoms with E-state index in [2.05, 4.69) is 14.8 Å². The van der Waals surface area contributed by atoms with E-state index in [0.29, 0.717) is 11.5 Å². The van der Waals surface area contributed by atoms with Crippen molar-refractivity contribution in [2.24, 2.45) is 0 Å². The summed E-state index contributed by atoms with van der Waals surface area (Å²) in [4.78, 5) is 35.6. The van der Waals surface area contributed by atoms with Crippen LogP contribution in [0.15, 0.2) is 42.5 Å². The maximum Gasteiger partial charge on any atom is 0.337 e. The minimum atomic E-state index is -0.647. The number of carbonyl (C=O) groups excluding carboxylic acids is 3. The van der Waals surface area contributed by atoms with Crippen molar-refractivity contribution < 1.29 is 33.3 Å². The molecule has 0 radical (unpaired) electrons. The van der Waals surface area contributed by atoms with E-state index in [1.165, 1.54) is 32.4 Å². The van der Waals surface area contributed by atoms with Crippen molar-refractivity contribution in [3.8, 4) is 11.5 Å². The van der Waals surface area contributed by atoms with Gasteiger partial charge in [-0.2, -0.15) is 0 Å². The number of methoxy groups -OCH3 is 3. The van der Waals surface area contributed by atoms with Crippen LogP contribution in [0.2, 0.25) is 0 Å². The summed E-state index contributed by atoms with van der Waals surface area (Å²) in [5.74, 6) is -0.605. The molecule has 0 aliphatic heterocycles. The Bertz CT molecular complexity index is 796. The van der Waals surface area contributed by atoms with Crippen LogP contribution < -0.4 is 14.8 Å². The molecule has 0 aromatic heterocycles. The molecule has 1 amide bonds. The molecule has 27 heavy (non-hydrogen) atoms. The van der Waals surface area contributed by atoms with Gasteiger partial charge in [-0.05, 0) is 42.5 Å². The van der Waals surface area contributed by atoms with Crippen LogP contribution >= 0.6 is 0 Å². The van der Waals surface area contributed by atoms with E-state index in [0.717, 1.165) is 0 Å². The highest BCUT2D eigenvalue weighted by molar-refractivity contribution is 5.99. The number of rotatable bonds is 7. The normalized spacial score (nSPS) is 9.89. The first-order chi connectivity index (χ1) is 13.0. The van der Waals surface area contributed by atoms with Crippen LogP contribution in [0.25, 0.3) is 0 Å². The van der Waals surface area contributed by atoms with Crippen molar-refractivity contribution in [2.45, 2.75) is 0 Å². The predicted octanol–water partition coefficient (Wildman–Crippen LogP) is 2.29. The van der Waals surface area contributed by atoms with Crippen molar-refractivity contribution in [1.82, 2.24) is 0 Å². The van der Waals surface area contributed by atoms with Crippen molar-refractivity contribution >= 4 is 23.5 Å². The summed E-state index contributed by atoms with van der Waals surface area (Å²) in [6.45, 7) is -0.262. The number of anilines is 1. The summed E-state index contributed by atoms with van der Waals surface area (Å²) < 4.78 is 19.7. The van der Waals surface area contributed by atoms with E-state index in [1.807, 2.05) is 0 Å². The van der Waals surface area contributed by atoms with Crippen molar-refractivity contribution in [1.29, 1.82) is 0 Å². The van der Waals surface area contributed by atoms with Crippen LogP contribution in [0.3, 0.4) is 0 Å². The lowest BCUT2D eigenvalue weighted by Crippen LogP contribution is -2.21. The second kappa shape index (κ2) is 9.23. The van der Waals surface area contributed by atoms with Gasteiger partial charge in [0.25, 0.3) is 5.91 Å². The fourth-order valence-corrected chi connectivity index (χ4v) is 2.19. The minimum Gasteiger partial charge on any atom is -0.497 e. The summed E-state index contributed by atoms with van der Waals surface area (Å²) in [5, 5.41) is 2.57. The first kappa shape index (κ1) is 19.8. The molecule has 0 saturated carbocycles. The van der Waals surface area contributed by atoms with E-state index in [9.17, 15) is 14.4 Å². The molecule has 0 bridgehead atoms. The molecule has 8 nitrogen and oxygen atoms in total. The lowest BCUT2D eigenvalue weighted by atomic mass is 10.1. The lowest BCUT2D eigenvalue weighted by Gasteiger charge is -2.10. The van der Waals surface area contributed by atoms with Gasteiger partial charge in [0.15, 0.2) is 6.61 Å². The molecule has 2 rings (SSSR count). The van der Waals surface area contributed by atoms with Crippen molar-refractivity contribution in [3.63, 3.8) is 0 Å². The molecule has 2 aromatic carbocycles. The molecule has 8 heteroatoms. The Balaban J connectivity index is 2.08. The number of nitrogens with one attached hydrogen (secondary N) is 1. The van der Waals surface area contributed by atoms with Gasteiger partial charge in [0, 0.05) is 5.69 Å². The second-order valence-electron chi connectivity index (χ2n) is 5.29. The van der Waals surface area contributed by atoms with Gasteiger partial charge in [0.1, 0.15) is 11.5 Å². The van der Waals surface area contributed by atoms with Gasteiger partial charge in [-0.1, -0.05) is 0 Å². The van der Waals surface area contributed by atoms with E-state index in [4.69, 9.17) is 9.47 Å². The predicted molar refractivity (Wildman–Crippen MR) is 96.2 cm³/mol. The van der Waals surface area contributed by atoms with Gasteiger partial charge in [0.2, 0.25) is 0 Å². The second-order valence-corrected chi connectivity index (χ2v) is 5.29. The Hall–Kier alpha value is -3.55. The maximum absolute atomic E-state index is 12.1. The molecule has 0 atom stereocenters. The van der Waals surface area contributed by atoms with E-state index in [-0.39, 0.29) is 23.4 Å². The van der Waals surface area contributed by atoms with Gasteiger partial charge in [0.05, 0.1) is 32.5 Å². The SMILES string of the molecule is COC(=O)c1cc(NC(=O)COc2ccc(OC)cc2)cc(C(=O)OC)c1. The Morgan fingerprint density at radius 2 is 1.33 bits per heavy atom. The molecule has 1 N–H and O–H groups in total. The van der Waals surface area contributed by atoms with Gasteiger partial charge in [-0.3, -0.25) is 4.79 Å². The number of ether oxygens (including phenoxy) is 4. The smallest absolute Gasteiger partial charge is 0.337 e. The zero-order valence-electron chi connectivity index (χ0n) is 15.1. The molecule has 0 aliphatic rings. The molecule has 2 aromatic rings. The highest BCUT2D eigenvalue weighted by Crippen LogP contribution is 2.19. The molecule has 0 fully saturated rings. The van der Waals surface area contributed by atoms with Crippen LogP contribution in [-0.2, 0) is 14.3 Å². The average molecular weight is 373 g/mol. The van der Waals surface area contributed by atoms with Crippen LogP contribution in [0, 0.1) is 0 Å². The molecular formula is C19H19NO7. The molecule has 142 valence electrons. The van der Waals surface area contributed by atoms with Gasteiger partial charge in [-0.15, -0.1) is 0 Å². The topological polar surface area (TPSA) is 100 Å². The van der Waals surface area contributed by atoms with Crippen LogP contribution in [0.5, 0.6) is 11.5 Å². The molecule has 0 heterocycles. The monoisotopic (exact) mass is 373 g/mol. The third kappa shape index (κ3) is 5.46. The molecular weight excluding hydrogens is 354 g/mol. The van der Waals surface area contributed by atoms with Gasteiger partial charge < -0.3 is 24.3 Å². The van der Waals surface area contributed by atoms with Gasteiger partial charge in [-0.25, -0.2) is 9.59 Å². The first-order valence-corrected chi connectivity index (χ1v) is 7.85. The summed E-state index contributed by atoms with van der Waals surface area (Å²) in [6.07, 6.45) is 0. The van der Waals surface area contributed by atoms with E-state index in [1.54, 1.807) is 31.4 Å². The Kier molecular flexibility index (Phi) is 6.76. The molecule has 0 unspecified atom stereocenters. The highest BCUT2D eigenvalue weighted by Gasteiger charge is 2.15. The standard InChI is InChI=1S/C19H19NO7/c1-24-15-4-6-16(7-5-15)27-11-17(21)20-14-9-12(18(22)25-2)8-13(10-14)19(23)26-3/h4-10H,11H2,1-3H3,(H,20,21). The average Bonchev–Trinajstić information content (AvgIpc) is 2.71. The summed E-state index contributed by atoms with van der Waals surface area (Å²) >= 11 is 0. The van der Waals surface area contributed by atoms with E-state index >= 15 is 0 Å². The fraction of sp³-hybridized carbons (Fsp3) is 0.211. The van der Waals surface area contributed by atoms with E-state index < -0.39 is 17.8 Å². The minimum absolute atomic E-state index is 0.103. The summed E-state index contributed by atoms with van der Waals surface area (Å²) in [6, 6.07) is 10.8. The zero-order valence-corrected chi connectivity index (χ0v) is 15.1. The third-order valence-corrected chi connectivity index (χ3v) is 3.49. The molecule has 0 aliphatic carbocycles. The largest absolute Gasteiger partial charge is 0.497 e. The van der Waals surface area contributed by atoms with Crippen molar-refractivity contribution in [2.75, 3.05) is 33.3 Å². The van der Waals surface area contributed by atoms with Crippen LogP contribution in [0.1, 0.15) is 20.7 Å². The Morgan fingerprint density at radius 3 is 1.81 bits per heavy atom. The van der Waals surface area contributed by atoms with Crippen LogP contribution in [-0.4, -0.2) is 45.8 Å². The summed E-state index contributed by atoms with van der Waals surface area (Å²) in [7, 11) is 3.98. The number of hydrogen-bond donors (Lipinski definition) is 1. The Labute approximate surface area is 156 Å². The highest BCUT2D eigenvalue weighted by atomic mass is 16.5. The number of esters is 2. The number of carbonyl (C=O) groups is 3.